The molecule has 2 unspecified atom stereocenters. The normalized spacial score (nSPS) is 23.8. The fourth-order valence-corrected chi connectivity index (χ4v) is 6.97. The van der Waals surface area contributed by atoms with E-state index in [4.69, 9.17) is 14.4 Å². The largest absolute Gasteiger partial charge is 0.350 e. The number of rotatable bonds is 7. The Kier molecular flexibility index (Phi) is 7.32. The first-order valence-electron chi connectivity index (χ1n) is 10.4. The third-order valence-corrected chi connectivity index (χ3v) is 8.03. The van der Waals surface area contributed by atoms with Gasteiger partial charge in [0.05, 0.1) is 23.3 Å². The van der Waals surface area contributed by atoms with Crippen LogP contribution in [0.3, 0.4) is 0 Å². The summed E-state index contributed by atoms with van der Waals surface area (Å²) in [6.45, 7) is 17.2. The highest BCUT2D eigenvalue weighted by molar-refractivity contribution is 9.10. The van der Waals surface area contributed by atoms with Crippen LogP contribution in [0.25, 0.3) is 11.0 Å². The summed E-state index contributed by atoms with van der Waals surface area (Å²) >= 11 is 3.58. The monoisotopic (exact) mass is 485 g/mol. The van der Waals surface area contributed by atoms with Gasteiger partial charge in [-0.15, -0.1) is 0 Å². The molecular formula is C20H33BrN5O2P. The van der Waals surface area contributed by atoms with Crippen LogP contribution < -0.4 is 0 Å². The van der Waals surface area contributed by atoms with Crippen molar-refractivity contribution in [3.05, 3.63) is 16.1 Å². The molecular weight excluding hydrogens is 453 g/mol. The molecule has 7 nitrogen and oxygen atoms in total. The fourth-order valence-electron chi connectivity index (χ4n) is 4.31. The zero-order chi connectivity index (χ0) is 21.5. The molecule has 3 rings (SSSR count). The molecule has 0 spiro atoms. The molecule has 29 heavy (non-hydrogen) atoms. The first kappa shape index (κ1) is 23.0. The predicted octanol–water partition coefficient (Wildman–Crippen LogP) is 5.35. The topological polar surface area (TPSA) is 65.3 Å². The summed E-state index contributed by atoms with van der Waals surface area (Å²) in [6, 6.07) is 0.885. The van der Waals surface area contributed by atoms with Crippen LogP contribution in [0, 0.1) is 13.8 Å². The van der Waals surface area contributed by atoms with E-state index in [9.17, 15) is 0 Å². The van der Waals surface area contributed by atoms with Crippen LogP contribution >= 0.6 is 24.2 Å². The maximum Gasteiger partial charge on any atom is 0.165 e. The van der Waals surface area contributed by atoms with Crippen LogP contribution in [0.2, 0.25) is 0 Å². The van der Waals surface area contributed by atoms with E-state index in [1.807, 2.05) is 18.5 Å². The highest BCUT2D eigenvalue weighted by Crippen LogP contribution is 2.47. The second-order valence-electron chi connectivity index (χ2n) is 8.24. The first-order chi connectivity index (χ1) is 13.6. The van der Waals surface area contributed by atoms with Gasteiger partial charge < -0.3 is 9.26 Å². The SMILES string of the molecule is CC[C@H]1O[C@@H](n2nc(Br)c3c(C)nc(C)nc32)CC1OP(C)N(C(C)C)C(C)C. The molecule has 0 aromatic carbocycles. The lowest BCUT2D eigenvalue weighted by molar-refractivity contribution is -0.0194. The molecule has 1 fully saturated rings. The van der Waals surface area contributed by atoms with Crippen molar-refractivity contribution in [2.24, 2.45) is 0 Å². The van der Waals surface area contributed by atoms with Crippen molar-refractivity contribution < 1.29 is 9.26 Å². The van der Waals surface area contributed by atoms with E-state index in [1.54, 1.807) is 0 Å². The molecule has 4 atom stereocenters. The smallest absolute Gasteiger partial charge is 0.165 e. The minimum absolute atomic E-state index is 0.0446. The van der Waals surface area contributed by atoms with Gasteiger partial charge in [-0.05, 0) is 70.6 Å². The summed E-state index contributed by atoms with van der Waals surface area (Å²) in [4.78, 5) is 9.13. The maximum absolute atomic E-state index is 6.60. The Morgan fingerprint density at radius 1 is 1.24 bits per heavy atom. The number of fused-ring (bicyclic) bond motifs is 1. The Labute approximate surface area is 183 Å². The van der Waals surface area contributed by atoms with E-state index >= 15 is 0 Å². The summed E-state index contributed by atoms with van der Waals surface area (Å²) in [5.41, 5.74) is 1.73. The zero-order valence-corrected chi connectivity index (χ0v) is 21.2. The fraction of sp³-hybridized carbons (Fsp3) is 0.750. The third-order valence-electron chi connectivity index (χ3n) is 5.33. The van der Waals surface area contributed by atoms with Crippen LogP contribution in [-0.4, -0.2) is 55.4 Å². The van der Waals surface area contributed by atoms with E-state index in [2.05, 4.69) is 71.9 Å². The van der Waals surface area contributed by atoms with Crippen LogP contribution in [-0.2, 0) is 9.26 Å². The van der Waals surface area contributed by atoms with Gasteiger partial charge in [0.25, 0.3) is 0 Å². The molecule has 162 valence electrons. The molecule has 0 bridgehead atoms. The standard InChI is InChI=1S/C20H33BrN5O2P/c1-9-15-16(28-29(8)26(11(2)3)12(4)5)10-17(27-15)25-20-18(19(21)24-25)13(6)22-14(7)23-20/h11-12,15-17H,9-10H2,1-8H3/t15-,16?,17-,29?/m1/s1. The molecule has 3 heterocycles. The number of halogens is 1. The lowest BCUT2D eigenvalue weighted by Gasteiger charge is -2.37. The van der Waals surface area contributed by atoms with E-state index < -0.39 is 8.30 Å². The Morgan fingerprint density at radius 3 is 2.48 bits per heavy atom. The summed E-state index contributed by atoms with van der Waals surface area (Å²) in [5.74, 6) is 0.739. The second-order valence-corrected chi connectivity index (χ2v) is 10.6. The minimum Gasteiger partial charge on any atom is -0.350 e. The molecule has 2 aromatic rings. The van der Waals surface area contributed by atoms with Gasteiger partial charge in [-0.25, -0.2) is 14.6 Å². The summed E-state index contributed by atoms with van der Waals surface area (Å²) in [7, 11) is -0.705. The number of aryl methyl sites for hydroxylation is 2. The van der Waals surface area contributed by atoms with Gasteiger partial charge in [-0.3, -0.25) is 4.67 Å². The predicted molar refractivity (Wildman–Crippen MR) is 121 cm³/mol. The van der Waals surface area contributed by atoms with Crippen LogP contribution in [0.1, 0.15) is 65.2 Å². The van der Waals surface area contributed by atoms with Gasteiger partial charge in [0.1, 0.15) is 18.7 Å². The molecule has 1 aliphatic heterocycles. The van der Waals surface area contributed by atoms with Crippen LogP contribution in [0.4, 0.5) is 0 Å². The lowest BCUT2D eigenvalue weighted by atomic mass is 10.1. The zero-order valence-electron chi connectivity index (χ0n) is 18.7. The summed E-state index contributed by atoms with van der Waals surface area (Å²) < 4.78 is 18.1. The first-order valence-corrected chi connectivity index (χ1v) is 12.8. The average molecular weight is 486 g/mol. The minimum atomic E-state index is -0.705. The summed E-state index contributed by atoms with van der Waals surface area (Å²) in [6.07, 6.45) is 1.57. The van der Waals surface area contributed by atoms with E-state index in [-0.39, 0.29) is 18.4 Å². The second kappa shape index (κ2) is 9.23. The Morgan fingerprint density at radius 2 is 1.90 bits per heavy atom. The Hall–Kier alpha value is -0.660. The van der Waals surface area contributed by atoms with Gasteiger partial charge in [0.2, 0.25) is 0 Å². The number of nitrogens with zero attached hydrogens (tertiary/aromatic N) is 5. The third kappa shape index (κ3) is 4.67. The van der Waals surface area contributed by atoms with Crippen molar-refractivity contribution >= 4 is 35.3 Å². The lowest BCUT2D eigenvalue weighted by Crippen LogP contribution is -2.34. The molecule has 9 heteroatoms. The number of ether oxygens (including phenoxy) is 1. The van der Waals surface area contributed by atoms with Gasteiger partial charge in [-0.1, -0.05) is 6.92 Å². The molecule has 0 aliphatic carbocycles. The quantitative estimate of drug-likeness (QED) is 0.492. The van der Waals surface area contributed by atoms with Gasteiger partial charge in [-0.2, -0.15) is 5.10 Å². The van der Waals surface area contributed by atoms with Crippen molar-refractivity contribution in [2.75, 3.05) is 6.66 Å². The van der Waals surface area contributed by atoms with E-state index in [0.717, 1.165) is 40.0 Å². The highest BCUT2D eigenvalue weighted by atomic mass is 79.9. The van der Waals surface area contributed by atoms with Crippen molar-refractivity contribution in [3.8, 4) is 0 Å². The number of hydrogen-bond donors (Lipinski definition) is 0. The van der Waals surface area contributed by atoms with Crippen molar-refractivity contribution in [3.63, 3.8) is 0 Å². The molecule has 0 radical (unpaired) electrons. The highest BCUT2D eigenvalue weighted by Gasteiger charge is 2.39. The molecule has 0 saturated carbocycles. The molecule has 2 aromatic heterocycles. The van der Waals surface area contributed by atoms with E-state index in [0.29, 0.717) is 12.1 Å². The molecule has 1 saturated heterocycles. The number of hydrogen-bond acceptors (Lipinski definition) is 6. The molecule has 0 amide bonds. The van der Waals surface area contributed by atoms with E-state index in [1.165, 1.54) is 0 Å². The number of aromatic nitrogens is 4. The Balaban J connectivity index is 1.85. The van der Waals surface area contributed by atoms with Crippen molar-refractivity contribution in [1.82, 2.24) is 24.4 Å². The van der Waals surface area contributed by atoms with Gasteiger partial charge >= 0.3 is 0 Å². The van der Waals surface area contributed by atoms with Gasteiger partial charge in [0.15, 0.2) is 11.9 Å². The molecule has 1 aliphatic rings. The van der Waals surface area contributed by atoms with Crippen LogP contribution in [0.15, 0.2) is 4.60 Å². The Bertz CT molecular complexity index is 851. The van der Waals surface area contributed by atoms with Gasteiger partial charge in [0, 0.05) is 18.5 Å². The average Bonchev–Trinajstić information content (AvgIpc) is 3.14. The molecule has 0 N–H and O–H groups in total. The van der Waals surface area contributed by atoms with Crippen molar-refractivity contribution in [2.45, 2.75) is 91.8 Å². The van der Waals surface area contributed by atoms with Crippen LogP contribution in [0.5, 0.6) is 0 Å². The summed E-state index contributed by atoms with van der Waals surface area (Å²) in [5, 5.41) is 5.64. The van der Waals surface area contributed by atoms with Crippen molar-refractivity contribution in [1.29, 1.82) is 0 Å². The maximum atomic E-state index is 6.60.